The van der Waals surface area contributed by atoms with Crippen LogP contribution in [0.1, 0.15) is 33.1 Å². The summed E-state index contributed by atoms with van der Waals surface area (Å²) in [5.41, 5.74) is 0.0916. The van der Waals surface area contributed by atoms with E-state index in [9.17, 15) is 13.2 Å². The molecule has 6 heteroatoms. The quantitative estimate of drug-likeness (QED) is 0.490. The molecule has 110 valence electrons. The number of hydrogen-bond donors (Lipinski definition) is 1. The Morgan fingerprint density at radius 3 is 2.22 bits per heavy atom. The molecule has 0 rings (SSSR count). The first-order valence-electron chi connectivity index (χ1n) is 6.30. The van der Waals surface area contributed by atoms with Gasteiger partial charge in [0.25, 0.3) is 0 Å². The summed E-state index contributed by atoms with van der Waals surface area (Å²) in [7, 11) is 0. The molecule has 0 aromatic carbocycles. The standard InChI is InChI=1S/C12H23ClF3NO/c1-3-11(4-2,8-13)9-17-6-5-7-18-10-12(14,15)16/h17H,3-10H2,1-2H3. The van der Waals surface area contributed by atoms with Gasteiger partial charge < -0.3 is 10.1 Å². The molecule has 0 amide bonds. The van der Waals surface area contributed by atoms with Gasteiger partial charge in [0.05, 0.1) is 0 Å². The molecule has 0 aliphatic carbocycles. The Balaban J connectivity index is 3.56. The molecule has 0 saturated heterocycles. The van der Waals surface area contributed by atoms with Crippen molar-refractivity contribution in [1.82, 2.24) is 5.32 Å². The van der Waals surface area contributed by atoms with Crippen molar-refractivity contribution in [2.45, 2.75) is 39.3 Å². The van der Waals surface area contributed by atoms with Crippen LogP contribution in [-0.4, -0.2) is 38.4 Å². The Kier molecular flexibility index (Phi) is 8.99. The van der Waals surface area contributed by atoms with Crippen molar-refractivity contribution in [2.75, 3.05) is 32.2 Å². The highest BCUT2D eigenvalue weighted by Gasteiger charge is 2.27. The van der Waals surface area contributed by atoms with Crippen LogP contribution < -0.4 is 5.32 Å². The van der Waals surface area contributed by atoms with Crippen molar-refractivity contribution in [1.29, 1.82) is 0 Å². The monoisotopic (exact) mass is 289 g/mol. The molecule has 0 heterocycles. The van der Waals surface area contributed by atoms with E-state index < -0.39 is 12.8 Å². The van der Waals surface area contributed by atoms with Crippen LogP contribution in [0.15, 0.2) is 0 Å². The van der Waals surface area contributed by atoms with Gasteiger partial charge in [0, 0.05) is 19.0 Å². The van der Waals surface area contributed by atoms with Crippen molar-refractivity contribution in [3.05, 3.63) is 0 Å². The van der Waals surface area contributed by atoms with Crippen LogP contribution >= 0.6 is 11.6 Å². The fourth-order valence-corrected chi connectivity index (χ4v) is 2.05. The van der Waals surface area contributed by atoms with Crippen molar-refractivity contribution < 1.29 is 17.9 Å². The minimum atomic E-state index is -4.23. The molecule has 0 aromatic heterocycles. The second kappa shape index (κ2) is 8.99. The van der Waals surface area contributed by atoms with Gasteiger partial charge in [0.15, 0.2) is 0 Å². The van der Waals surface area contributed by atoms with Gasteiger partial charge in [-0.2, -0.15) is 13.2 Å². The van der Waals surface area contributed by atoms with Gasteiger partial charge >= 0.3 is 6.18 Å². The first-order valence-corrected chi connectivity index (χ1v) is 6.84. The summed E-state index contributed by atoms with van der Waals surface area (Å²) in [6, 6.07) is 0. The largest absolute Gasteiger partial charge is 0.411 e. The van der Waals surface area contributed by atoms with E-state index in [2.05, 4.69) is 23.9 Å². The van der Waals surface area contributed by atoms with Gasteiger partial charge in [-0.3, -0.25) is 0 Å². The fraction of sp³-hybridized carbons (Fsp3) is 1.00. The molecular weight excluding hydrogens is 267 g/mol. The number of hydrogen-bond acceptors (Lipinski definition) is 2. The second-order valence-corrected chi connectivity index (χ2v) is 4.81. The summed E-state index contributed by atoms with van der Waals surface area (Å²) in [4.78, 5) is 0. The molecule has 0 aliphatic rings. The van der Waals surface area contributed by atoms with Gasteiger partial charge in [0.1, 0.15) is 6.61 Å². The minimum absolute atomic E-state index is 0.0916. The maximum absolute atomic E-state index is 11.8. The third-order valence-electron chi connectivity index (χ3n) is 3.19. The van der Waals surface area contributed by atoms with Crippen LogP contribution in [0.4, 0.5) is 13.2 Å². The number of nitrogens with one attached hydrogen (secondary N) is 1. The topological polar surface area (TPSA) is 21.3 Å². The SMILES string of the molecule is CCC(CC)(CCl)CNCCCOCC(F)(F)F. The first-order chi connectivity index (χ1) is 8.39. The fourth-order valence-electron chi connectivity index (χ4n) is 1.58. The molecule has 0 saturated carbocycles. The van der Waals surface area contributed by atoms with E-state index in [1.807, 2.05) is 0 Å². The van der Waals surface area contributed by atoms with Crippen molar-refractivity contribution in [3.63, 3.8) is 0 Å². The van der Waals surface area contributed by atoms with Crippen molar-refractivity contribution in [3.8, 4) is 0 Å². The smallest absolute Gasteiger partial charge is 0.372 e. The average Bonchev–Trinajstić information content (AvgIpc) is 2.32. The molecule has 0 fully saturated rings. The number of alkyl halides is 4. The Morgan fingerprint density at radius 2 is 1.78 bits per heavy atom. The Bertz CT molecular complexity index is 200. The summed E-state index contributed by atoms with van der Waals surface area (Å²) in [6.07, 6.45) is -1.68. The molecular formula is C12H23ClF3NO. The zero-order chi connectivity index (χ0) is 14.1. The lowest BCUT2D eigenvalue weighted by Gasteiger charge is -2.29. The van der Waals surface area contributed by atoms with Gasteiger partial charge in [-0.1, -0.05) is 13.8 Å². The zero-order valence-corrected chi connectivity index (χ0v) is 11.8. The Hall–Kier alpha value is -0.0000000000000000555. The van der Waals surface area contributed by atoms with Gasteiger partial charge in [0.2, 0.25) is 0 Å². The molecule has 0 unspecified atom stereocenters. The summed E-state index contributed by atoms with van der Waals surface area (Å²) in [5.74, 6) is 0.595. The summed E-state index contributed by atoms with van der Waals surface area (Å²) >= 11 is 5.95. The predicted octanol–water partition coefficient (Wildman–Crippen LogP) is 3.59. The van der Waals surface area contributed by atoms with Crippen LogP contribution in [0.3, 0.4) is 0 Å². The summed E-state index contributed by atoms with van der Waals surface area (Å²) < 4.78 is 39.8. The van der Waals surface area contributed by atoms with E-state index in [-0.39, 0.29) is 12.0 Å². The third kappa shape index (κ3) is 8.16. The molecule has 0 atom stereocenters. The highest BCUT2D eigenvalue weighted by molar-refractivity contribution is 6.18. The van der Waals surface area contributed by atoms with Crippen LogP contribution in [0.5, 0.6) is 0 Å². The van der Waals surface area contributed by atoms with Gasteiger partial charge in [-0.05, 0) is 31.2 Å². The number of halogens is 4. The summed E-state index contributed by atoms with van der Waals surface area (Å²) in [6.45, 7) is 4.60. The van der Waals surface area contributed by atoms with E-state index in [4.69, 9.17) is 11.6 Å². The summed E-state index contributed by atoms with van der Waals surface area (Å²) in [5, 5.41) is 3.23. The lowest BCUT2D eigenvalue weighted by molar-refractivity contribution is -0.173. The van der Waals surface area contributed by atoms with Crippen molar-refractivity contribution in [2.24, 2.45) is 5.41 Å². The Labute approximate surface area is 112 Å². The van der Waals surface area contributed by atoms with E-state index in [1.165, 1.54) is 0 Å². The average molecular weight is 290 g/mol. The van der Waals surface area contributed by atoms with Crippen LogP contribution in [0.25, 0.3) is 0 Å². The molecule has 2 nitrogen and oxygen atoms in total. The van der Waals surface area contributed by atoms with E-state index in [1.54, 1.807) is 0 Å². The Morgan fingerprint density at radius 1 is 1.17 bits per heavy atom. The van der Waals surface area contributed by atoms with Gasteiger partial charge in [-0.25, -0.2) is 0 Å². The molecule has 0 spiro atoms. The molecule has 1 N–H and O–H groups in total. The minimum Gasteiger partial charge on any atom is -0.372 e. The highest BCUT2D eigenvalue weighted by atomic mass is 35.5. The molecule has 0 aromatic rings. The highest BCUT2D eigenvalue weighted by Crippen LogP contribution is 2.26. The van der Waals surface area contributed by atoms with E-state index >= 15 is 0 Å². The second-order valence-electron chi connectivity index (χ2n) is 4.54. The first kappa shape index (κ1) is 18.0. The number of rotatable bonds is 10. The number of ether oxygens (including phenoxy) is 1. The lowest BCUT2D eigenvalue weighted by atomic mass is 9.84. The molecule has 0 bridgehead atoms. The van der Waals surface area contributed by atoms with Crippen LogP contribution in [-0.2, 0) is 4.74 Å². The maximum Gasteiger partial charge on any atom is 0.411 e. The van der Waals surface area contributed by atoms with Crippen LogP contribution in [0, 0.1) is 5.41 Å². The van der Waals surface area contributed by atoms with E-state index in [0.717, 1.165) is 19.4 Å². The maximum atomic E-state index is 11.8. The van der Waals surface area contributed by atoms with Crippen LogP contribution in [0.2, 0.25) is 0 Å². The van der Waals surface area contributed by atoms with Crippen molar-refractivity contribution >= 4 is 11.6 Å². The molecule has 0 aliphatic heterocycles. The predicted molar refractivity (Wildman–Crippen MR) is 68.1 cm³/mol. The molecule has 18 heavy (non-hydrogen) atoms. The van der Waals surface area contributed by atoms with Gasteiger partial charge in [-0.15, -0.1) is 11.6 Å². The normalized spacial score (nSPS) is 13.0. The van der Waals surface area contributed by atoms with E-state index in [0.29, 0.717) is 18.8 Å². The lowest BCUT2D eigenvalue weighted by Crippen LogP contribution is -2.35. The zero-order valence-electron chi connectivity index (χ0n) is 11.1. The molecule has 0 radical (unpaired) electrons. The third-order valence-corrected chi connectivity index (χ3v) is 3.76.